The molecule has 0 aromatic carbocycles. The standard InChI is InChI=1S/C12H18BrNOS/c1-12(2,3)15-14-9-5-4-6-10-8(9)7-11(13)16-10/h7,9,14H,4-6H2,1-3H3. The van der Waals surface area contributed by atoms with Crippen LogP contribution in [0.1, 0.15) is 50.1 Å². The van der Waals surface area contributed by atoms with Crippen LogP contribution in [-0.4, -0.2) is 5.60 Å². The molecular weight excluding hydrogens is 286 g/mol. The molecule has 2 rings (SSSR count). The van der Waals surface area contributed by atoms with Gasteiger partial charge in [-0.3, -0.25) is 4.84 Å². The molecule has 1 heterocycles. The maximum atomic E-state index is 5.67. The average molecular weight is 304 g/mol. The lowest BCUT2D eigenvalue weighted by Gasteiger charge is -2.27. The first-order valence-corrected chi connectivity index (χ1v) is 7.28. The maximum absolute atomic E-state index is 5.67. The summed E-state index contributed by atoms with van der Waals surface area (Å²) in [6.07, 6.45) is 3.61. The summed E-state index contributed by atoms with van der Waals surface area (Å²) in [6, 6.07) is 2.58. The van der Waals surface area contributed by atoms with Gasteiger partial charge < -0.3 is 0 Å². The summed E-state index contributed by atoms with van der Waals surface area (Å²) in [5.41, 5.74) is 4.49. The molecule has 0 saturated carbocycles. The second-order valence-electron chi connectivity index (χ2n) is 5.21. The van der Waals surface area contributed by atoms with Gasteiger partial charge in [-0.05, 0) is 67.6 Å². The number of aryl methyl sites for hydroxylation is 1. The molecule has 1 N–H and O–H groups in total. The van der Waals surface area contributed by atoms with Crippen LogP contribution in [0.15, 0.2) is 9.85 Å². The van der Waals surface area contributed by atoms with E-state index < -0.39 is 0 Å². The fourth-order valence-corrected chi connectivity index (χ4v) is 3.71. The summed E-state index contributed by atoms with van der Waals surface area (Å²) in [4.78, 5) is 7.17. The Balaban J connectivity index is 2.07. The highest BCUT2D eigenvalue weighted by Crippen LogP contribution is 2.38. The number of hydrogen-bond acceptors (Lipinski definition) is 3. The minimum atomic E-state index is -0.134. The third-order valence-corrected chi connectivity index (χ3v) is 4.30. The number of halogens is 1. The molecule has 1 aliphatic carbocycles. The monoisotopic (exact) mass is 303 g/mol. The van der Waals surface area contributed by atoms with E-state index in [9.17, 15) is 0 Å². The predicted octanol–water partition coefficient (Wildman–Crippen LogP) is 4.21. The van der Waals surface area contributed by atoms with Gasteiger partial charge >= 0.3 is 0 Å². The number of fused-ring (bicyclic) bond motifs is 1. The molecule has 1 unspecified atom stereocenters. The Kier molecular flexibility index (Phi) is 3.74. The van der Waals surface area contributed by atoms with Crippen LogP contribution in [-0.2, 0) is 11.3 Å². The van der Waals surface area contributed by atoms with E-state index in [2.05, 4.69) is 48.2 Å². The van der Waals surface area contributed by atoms with Gasteiger partial charge in [0.15, 0.2) is 0 Å². The number of hydroxylamine groups is 1. The molecule has 0 amide bonds. The SMILES string of the molecule is CC(C)(C)ONC1CCCc2sc(Br)cc21. The topological polar surface area (TPSA) is 21.3 Å². The van der Waals surface area contributed by atoms with Crippen LogP contribution in [0.5, 0.6) is 0 Å². The van der Waals surface area contributed by atoms with Crippen molar-refractivity contribution in [1.29, 1.82) is 0 Å². The van der Waals surface area contributed by atoms with E-state index in [4.69, 9.17) is 4.84 Å². The molecule has 0 fully saturated rings. The minimum Gasteiger partial charge on any atom is -0.296 e. The van der Waals surface area contributed by atoms with Crippen molar-refractivity contribution in [2.75, 3.05) is 0 Å². The lowest BCUT2D eigenvalue weighted by Crippen LogP contribution is -2.33. The highest BCUT2D eigenvalue weighted by molar-refractivity contribution is 9.11. The fourth-order valence-electron chi connectivity index (χ4n) is 1.89. The molecule has 16 heavy (non-hydrogen) atoms. The molecular formula is C12H18BrNOS. The molecule has 0 bridgehead atoms. The third-order valence-electron chi connectivity index (χ3n) is 2.59. The van der Waals surface area contributed by atoms with Crippen LogP contribution >= 0.6 is 27.3 Å². The van der Waals surface area contributed by atoms with Crippen molar-refractivity contribution < 1.29 is 4.84 Å². The van der Waals surface area contributed by atoms with Crippen LogP contribution in [0.2, 0.25) is 0 Å². The molecule has 0 aliphatic heterocycles. The molecule has 1 aromatic rings. The largest absolute Gasteiger partial charge is 0.296 e. The molecule has 1 aliphatic rings. The van der Waals surface area contributed by atoms with E-state index in [0.717, 1.165) is 6.42 Å². The fraction of sp³-hybridized carbons (Fsp3) is 0.667. The van der Waals surface area contributed by atoms with E-state index in [0.29, 0.717) is 6.04 Å². The smallest absolute Gasteiger partial charge is 0.0813 e. The van der Waals surface area contributed by atoms with Crippen molar-refractivity contribution in [3.8, 4) is 0 Å². The zero-order chi connectivity index (χ0) is 11.8. The Morgan fingerprint density at radius 2 is 2.25 bits per heavy atom. The summed E-state index contributed by atoms with van der Waals surface area (Å²) >= 11 is 5.41. The van der Waals surface area contributed by atoms with Crippen molar-refractivity contribution in [2.45, 2.75) is 51.7 Å². The van der Waals surface area contributed by atoms with Crippen molar-refractivity contribution in [3.63, 3.8) is 0 Å². The van der Waals surface area contributed by atoms with Crippen LogP contribution in [0.25, 0.3) is 0 Å². The van der Waals surface area contributed by atoms with E-state index in [1.807, 2.05) is 11.3 Å². The van der Waals surface area contributed by atoms with Crippen molar-refractivity contribution in [1.82, 2.24) is 5.48 Å². The second-order valence-corrected chi connectivity index (χ2v) is 7.72. The van der Waals surface area contributed by atoms with Gasteiger partial charge in [0.1, 0.15) is 0 Å². The number of thiophene rings is 1. The van der Waals surface area contributed by atoms with Gasteiger partial charge in [-0.2, -0.15) is 5.48 Å². The second kappa shape index (κ2) is 4.77. The molecule has 0 radical (unpaired) electrons. The molecule has 1 atom stereocenters. The first-order chi connectivity index (χ1) is 7.46. The molecule has 0 saturated heterocycles. The first-order valence-electron chi connectivity index (χ1n) is 5.67. The average Bonchev–Trinajstić information content (AvgIpc) is 2.54. The van der Waals surface area contributed by atoms with E-state index in [1.165, 1.54) is 27.1 Å². The van der Waals surface area contributed by atoms with E-state index >= 15 is 0 Å². The minimum absolute atomic E-state index is 0.134. The Bertz CT molecular complexity index is 370. The Morgan fingerprint density at radius 1 is 1.50 bits per heavy atom. The first kappa shape index (κ1) is 12.6. The zero-order valence-corrected chi connectivity index (χ0v) is 12.4. The predicted molar refractivity (Wildman–Crippen MR) is 71.7 cm³/mol. The lowest BCUT2D eigenvalue weighted by atomic mass is 9.95. The summed E-state index contributed by atoms with van der Waals surface area (Å²) in [5.74, 6) is 0. The van der Waals surface area contributed by atoms with Gasteiger partial charge in [0.2, 0.25) is 0 Å². The molecule has 0 spiro atoms. The number of rotatable bonds is 2. The molecule has 2 nitrogen and oxygen atoms in total. The number of hydrogen-bond donors (Lipinski definition) is 1. The van der Waals surface area contributed by atoms with Gasteiger partial charge in [-0.25, -0.2) is 0 Å². The van der Waals surface area contributed by atoms with Gasteiger partial charge in [0.05, 0.1) is 15.4 Å². The summed E-state index contributed by atoms with van der Waals surface area (Å²) in [7, 11) is 0. The quantitative estimate of drug-likeness (QED) is 0.827. The van der Waals surface area contributed by atoms with Gasteiger partial charge in [0, 0.05) is 4.88 Å². The normalized spacial score (nSPS) is 20.9. The molecule has 4 heteroatoms. The molecule has 1 aromatic heterocycles. The summed E-state index contributed by atoms with van der Waals surface area (Å²) < 4.78 is 1.22. The Hall–Kier alpha value is 0.100. The van der Waals surface area contributed by atoms with Crippen LogP contribution in [0.4, 0.5) is 0 Å². The van der Waals surface area contributed by atoms with Gasteiger partial charge in [-0.1, -0.05) is 0 Å². The van der Waals surface area contributed by atoms with Crippen LogP contribution in [0, 0.1) is 0 Å². The van der Waals surface area contributed by atoms with E-state index in [-0.39, 0.29) is 5.60 Å². The summed E-state index contributed by atoms with van der Waals surface area (Å²) in [6.45, 7) is 6.19. The maximum Gasteiger partial charge on any atom is 0.0813 e. The zero-order valence-electron chi connectivity index (χ0n) is 9.97. The van der Waals surface area contributed by atoms with E-state index in [1.54, 1.807) is 0 Å². The van der Waals surface area contributed by atoms with Crippen molar-refractivity contribution in [3.05, 3.63) is 20.3 Å². The molecule has 90 valence electrons. The summed E-state index contributed by atoms with van der Waals surface area (Å²) in [5, 5.41) is 0. The van der Waals surface area contributed by atoms with Crippen LogP contribution < -0.4 is 5.48 Å². The van der Waals surface area contributed by atoms with Crippen molar-refractivity contribution in [2.24, 2.45) is 0 Å². The third kappa shape index (κ3) is 3.06. The Morgan fingerprint density at radius 3 is 2.94 bits per heavy atom. The number of nitrogens with one attached hydrogen (secondary N) is 1. The highest BCUT2D eigenvalue weighted by atomic mass is 79.9. The highest BCUT2D eigenvalue weighted by Gasteiger charge is 2.24. The lowest BCUT2D eigenvalue weighted by molar-refractivity contribution is -0.0910. The van der Waals surface area contributed by atoms with Gasteiger partial charge in [0.25, 0.3) is 0 Å². The Labute approximate surface area is 109 Å². The van der Waals surface area contributed by atoms with Crippen molar-refractivity contribution >= 4 is 27.3 Å². The van der Waals surface area contributed by atoms with Gasteiger partial charge in [-0.15, -0.1) is 11.3 Å². The van der Waals surface area contributed by atoms with Crippen LogP contribution in [0.3, 0.4) is 0 Å².